The molecule has 5 heteroatoms. The zero-order chi connectivity index (χ0) is 15.1. The monoisotopic (exact) mass is 300 g/mol. The molecule has 21 heavy (non-hydrogen) atoms. The van der Waals surface area contributed by atoms with E-state index in [0.717, 1.165) is 11.1 Å². The zero-order valence-corrected chi connectivity index (χ0v) is 12.2. The summed E-state index contributed by atoms with van der Waals surface area (Å²) in [5, 5.41) is 0. The van der Waals surface area contributed by atoms with Crippen LogP contribution >= 0.6 is 11.6 Å². The number of aromatic nitrogens is 2. The maximum absolute atomic E-state index is 11.4. The van der Waals surface area contributed by atoms with Crippen molar-refractivity contribution in [2.45, 2.75) is 12.3 Å². The lowest BCUT2D eigenvalue weighted by Crippen LogP contribution is -2.05. The van der Waals surface area contributed by atoms with Crippen LogP contribution in [0.3, 0.4) is 0 Å². The Morgan fingerprint density at radius 1 is 1.29 bits per heavy atom. The van der Waals surface area contributed by atoms with Crippen molar-refractivity contribution in [3.63, 3.8) is 0 Å². The highest BCUT2D eigenvalue weighted by Gasteiger charge is 2.06. The van der Waals surface area contributed by atoms with Gasteiger partial charge in [0.2, 0.25) is 0 Å². The first-order chi connectivity index (χ1) is 10.2. The number of hydrogen-bond donors (Lipinski definition) is 0. The van der Waals surface area contributed by atoms with Gasteiger partial charge in [0.05, 0.1) is 19.4 Å². The fourth-order valence-corrected chi connectivity index (χ4v) is 1.82. The molecule has 0 atom stereocenters. The van der Waals surface area contributed by atoms with Gasteiger partial charge in [-0.3, -0.25) is 4.79 Å². The molecule has 0 fully saturated rings. The fourth-order valence-electron chi connectivity index (χ4n) is 1.69. The van der Waals surface area contributed by atoms with Gasteiger partial charge in [0.25, 0.3) is 0 Å². The van der Waals surface area contributed by atoms with Gasteiger partial charge in [0, 0.05) is 11.8 Å². The third-order valence-corrected chi connectivity index (χ3v) is 2.97. The number of nitrogens with zero attached hydrogens (tertiary/aromatic N) is 2. The van der Waals surface area contributed by atoms with Crippen molar-refractivity contribution < 1.29 is 9.53 Å². The number of halogens is 1. The lowest BCUT2D eigenvalue weighted by atomic mass is 10.0. The number of carbonyl (C=O) groups excluding carboxylic acids is 1. The summed E-state index contributed by atoms with van der Waals surface area (Å²) in [6.45, 7) is 0. The number of benzene rings is 1. The molecule has 0 aliphatic carbocycles. The zero-order valence-electron chi connectivity index (χ0n) is 11.5. The van der Waals surface area contributed by atoms with Crippen LogP contribution in [0.2, 0.25) is 0 Å². The first-order valence-corrected chi connectivity index (χ1v) is 6.81. The highest BCUT2D eigenvalue weighted by molar-refractivity contribution is 6.16. The van der Waals surface area contributed by atoms with E-state index >= 15 is 0 Å². The second-order valence-corrected chi connectivity index (χ2v) is 4.42. The maximum Gasteiger partial charge on any atom is 0.310 e. The van der Waals surface area contributed by atoms with Gasteiger partial charge >= 0.3 is 5.97 Å². The van der Waals surface area contributed by atoms with Crippen LogP contribution in [0.4, 0.5) is 0 Å². The van der Waals surface area contributed by atoms with E-state index in [1.54, 1.807) is 12.3 Å². The number of carbonyl (C=O) groups is 1. The van der Waals surface area contributed by atoms with E-state index in [1.807, 2.05) is 24.3 Å². The third-order valence-electron chi connectivity index (χ3n) is 2.73. The van der Waals surface area contributed by atoms with Crippen molar-refractivity contribution >= 4 is 17.6 Å². The number of methoxy groups -OCH3 is 1. The third kappa shape index (κ3) is 4.30. The molecule has 0 radical (unpaired) electrons. The summed E-state index contributed by atoms with van der Waals surface area (Å²) in [7, 11) is 1.37. The number of ether oxygens (including phenoxy) is 1. The number of alkyl halides is 1. The van der Waals surface area contributed by atoms with Crippen LogP contribution in [0.1, 0.15) is 22.6 Å². The van der Waals surface area contributed by atoms with E-state index < -0.39 is 0 Å². The molecule has 4 nitrogen and oxygen atoms in total. The molecule has 0 N–H and O–H groups in total. The van der Waals surface area contributed by atoms with Gasteiger partial charge in [-0.2, -0.15) is 0 Å². The van der Waals surface area contributed by atoms with E-state index in [0.29, 0.717) is 11.5 Å². The van der Waals surface area contributed by atoms with E-state index in [2.05, 4.69) is 26.5 Å². The molecule has 0 unspecified atom stereocenters. The molecule has 2 rings (SSSR count). The molecule has 0 aliphatic rings. The molecule has 0 amide bonds. The Kier molecular flexibility index (Phi) is 5.30. The van der Waals surface area contributed by atoms with Gasteiger partial charge in [0.15, 0.2) is 0 Å². The van der Waals surface area contributed by atoms with Gasteiger partial charge in [-0.1, -0.05) is 24.1 Å². The van der Waals surface area contributed by atoms with Crippen LogP contribution in [0.5, 0.6) is 0 Å². The average molecular weight is 301 g/mol. The highest BCUT2D eigenvalue weighted by Crippen LogP contribution is 2.09. The van der Waals surface area contributed by atoms with Crippen molar-refractivity contribution in [3.8, 4) is 11.8 Å². The number of rotatable bonds is 3. The molecule has 1 heterocycles. The molecule has 106 valence electrons. The normalized spacial score (nSPS) is 9.62. The van der Waals surface area contributed by atoms with Crippen molar-refractivity contribution in [2.24, 2.45) is 0 Å². The summed E-state index contributed by atoms with van der Waals surface area (Å²) < 4.78 is 4.68. The van der Waals surface area contributed by atoms with E-state index in [-0.39, 0.29) is 18.3 Å². The Hall–Kier alpha value is -2.38. The average Bonchev–Trinajstić information content (AvgIpc) is 2.54. The SMILES string of the molecule is COC(=O)Cc1ccccc1C#Cc1ccnc(CCl)n1. The van der Waals surface area contributed by atoms with Gasteiger partial charge in [-0.25, -0.2) is 9.97 Å². The van der Waals surface area contributed by atoms with Gasteiger partial charge in [-0.15, -0.1) is 11.6 Å². The molecular formula is C16H13ClN2O2. The minimum atomic E-state index is -0.296. The molecule has 1 aromatic carbocycles. The first-order valence-electron chi connectivity index (χ1n) is 6.27. The molecular weight excluding hydrogens is 288 g/mol. The summed E-state index contributed by atoms with van der Waals surface area (Å²) in [6.07, 6.45) is 1.81. The minimum Gasteiger partial charge on any atom is -0.469 e. The van der Waals surface area contributed by atoms with Crippen LogP contribution in [0.25, 0.3) is 0 Å². The second kappa shape index (κ2) is 7.41. The highest BCUT2D eigenvalue weighted by atomic mass is 35.5. The Morgan fingerprint density at radius 3 is 2.86 bits per heavy atom. The molecule has 0 aliphatic heterocycles. The molecule has 0 spiro atoms. The largest absolute Gasteiger partial charge is 0.469 e. The lowest BCUT2D eigenvalue weighted by molar-refractivity contribution is -0.139. The minimum absolute atomic E-state index is 0.193. The van der Waals surface area contributed by atoms with Crippen molar-refractivity contribution in [1.29, 1.82) is 0 Å². The predicted octanol–water partition coefficient (Wildman–Crippen LogP) is 2.33. The quantitative estimate of drug-likeness (QED) is 0.496. The Balaban J connectivity index is 2.27. The molecule has 0 saturated carbocycles. The van der Waals surface area contributed by atoms with E-state index in [4.69, 9.17) is 11.6 Å². The van der Waals surface area contributed by atoms with E-state index in [9.17, 15) is 4.79 Å². The van der Waals surface area contributed by atoms with Crippen LogP contribution in [0.15, 0.2) is 36.5 Å². The van der Waals surface area contributed by atoms with Crippen LogP contribution in [-0.2, 0) is 21.8 Å². The maximum atomic E-state index is 11.4. The fraction of sp³-hybridized carbons (Fsp3) is 0.188. The van der Waals surface area contributed by atoms with Gasteiger partial charge < -0.3 is 4.74 Å². The summed E-state index contributed by atoms with van der Waals surface area (Å²) in [6, 6.07) is 9.15. The van der Waals surface area contributed by atoms with Crippen LogP contribution in [0, 0.1) is 11.8 Å². The number of hydrogen-bond acceptors (Lipinski definition) is 4. The molecule has 1 aromatic heterocycles. The summed E-state index contributed by atoms with van der Waals surface area (Å²) in [5.41, 5.74) is 2.19. The molecule has 0 bridgehead atoms. The first kappa shape index (κ1) is 15.0. The van der Waals surface area contributed by atoms with Crippen LogP contribution in [-0.4, -0.2) is 23.0 Å². The van der Waals surface area contributed by atoms with Crippen molar-refractivity contribution in [3.05, 3.63) is 59.2 Å². The topological polar surface area (TPSA) is 52.1 Å². The molecule has 0 saturated heterocycles. The Morgan fingerprint density at radius 2 is 2.10 bits per heavy atom. The van der Waals surface area contributed by atoms with E-state index in [1.165, 1.54) is 7.11 Å². The van der Waals surface area contributed by atoms with Gasteiger partial charge in [0.1, 0.15) is 11.5 Å². The van der Waals surface area contributed by atoms with Crippen molar-refractivity contribution in [2.75, 3.05) is 7.11 Å². The lowest BCUT2D eigenvalue weighted by Gasteiger charge is -2.02. The number of esters is 1. The molecule has 2 aromatic rings. The predicted molar refractivity (Wildman–Crippen MR) is 79.7 cm³/mol. The summed E-state index contributed by atoms with van der Waals surface area (Å²) >= 11 is 5.69. The van der Waals surface area contributed by atoms with Crippen LogP contribution < -0.4 is 0 Å². The van der Waals surface area contributed by atoms with Crippen molar-refractivity contribution in [1.82, 2.24) is 9.97 Å². The second-order valence-electron chi connectivity index (χ2n) is 4.15. The Labute approximate surface area is 128 Å². The standard InChI is InChI=1S/C16H13ClN2O2/c1-21-16(20)10-13-5-3-2-4-12(13)6-7-14-8-9-18-15(11-17)19-14/h2-5,8-9H,10-11H2,1H3. The summed E-state index contributed by atoms with van der Waals surface area (Å²) in [4.78, 5) is 19.6. The smallest absolute Gasteiger partial charge is 0.310 e. The Bertz CT molecular complexity index is 705. The van der Waals surface area contributed by atoms with Gasteiger partial charge in [-0.05, 0) is 23.6 Å². The summed E-state index contributed by atoms with van der Waals surface area (Å²) in [5.74, 6) is 6.46.